The Bertz CT molecular complexity index is 812. The molecule has 2 aliphatic heterocycles. The number of nitrogens with one attached hydrogen (secondary N) is 2. The Morgan fingerprint density at radius 2 is 1.79 bits per heavy atom. The van der Waals surface area contributed by atoms with E-state index >= 15 is 0 Å². The summed E-state index contributed by atoms with van der Waals surface area (Å²) in [7, 11) is 1.66. The molecule has 4 atom stereocenters. The predicted molar refractivity (Wildman–Crippen MR) is 105 cm³/mol. The lowest BCUT2D eigenvalue weighted by Gasteiger charge is -2.18. The third-order valence-corrected chi connectivity index (χ3v) is 5.77. The third kappa shape index (κ3) is 3.70. The van der Waals surface area contributed by atoms with E-state index in [1.165, 1.54) is 12.8 Å². The molecule has 1 aromatic heterocycles. The van der Waals surface area contributed by atoms with E-state index < -0.39 is 0 Å². The Balaban J connectivity index is 1.24. The van der Waals surface area contributed by atoms with Gasteiger partial charge in [-0.2, -0.15) is 0 Å². The van der Waals surface area contributed by atoms with Gasteiger partial charge >= 0.3 is 0 Å². The molecule has 1 saturated carbocycles. The number of nitrogens with zero attached hydrogens (tertiary/aromatic N) is 2. The number of anilines is 1. The molecule has 1 aromatic carbocycles. The summed E-state index contributed by atoms with van der Waals surface area (Å²) >= 11 is 0. The van der Waals surface area contributed by atoms with Gasteiger partial charge in [-0.1, -0.05) is 0 Å². The topological polar surface area (TPSA) is 77.5 Å². The fourth-order valence-corrected chi connectivity index (χ4v) is 3.95. The van der Waals surface area contributed by atoms with Crippen molar-refractivity contribution in [1.29, 1.82) is 0 Å². The minimum Gasteiger partial charge on any atom is -0.497 e. The summed E-state index contributed by atoms with van der Waals surface area (Å²) < 4.78 is 17.3. The van der Waals surface area contributed by atoms with Crippen LogP contribution in [0.2, 0.25) is 0 Å². The molecular formula is C21H26N4O3. The molecule has 0 spiro atoms. The average molecular weight is 382 g/mol. The van der Waals surface area contributed by atoms with Crippen LogP contribution in [0, 0.1) is 5.92 Å². The maximum Gasteiger partial charge on any atom is 0.223 e. The number of fused-ring (bicyclic) bond motifs is 1. The van der Waals surface area contributed by atoms with Gasteiger partial charge in [0.15, 0.2) is 0 Å². The van der Waals surface area contributed by atoms with Crippen LogP contribution < -0.4 is 15.4 Å². The average Bonchev–Trinajstić information content (AvgIpc) is 3.36. The van der Waals surface area contributed by atoms with Crippen molar-refractivity contribution in [2.75, 3.05) is 32.2 Å². The fraction of sp³-hybridized carbons (Fsp3) is 0.524. The number of hydrogen-bond donors (Lipinski definition) is 2. The van der Waals surface area contributed by atoms with Crippen LogP contribution >= 0.6 is 0 Å². The molecule has 148 valence electrons. The van der Waals surface area contributed by atoms with Gasteiger partial charge in [0.1, 0.15) is 18.0 Å². The molecule has 2 saturated heterocycles. The van der Waals surface area contributed by atoms with Crippen molar-refractivity contribution in [2.24, 2.45) is 5.92 Å². The van der Waals surface area contributed by atoms with Gasteiger partial charge in [-0.3, -0.25) is 0 Å². The van der Waals surface area contributed by atoms with Crippen LogP contribution in [-0.2, 0) is 9.47 Å². The zero-order chi connectivity index (χ0) is 18.9. The summed E-state index contributed by atoms with van der Waals surface area (Å²) in [4.78, 5) is 9.06. The zero-order valence-corrected chi connectivity index (χ0v) is 16.0. The van der Waals surface area contributed by atoms with E-state index in [-0.39, 0.29) is 24.3 Å². The minimum absolute atomic E-state index is 0.0324. The highest BCUT2D eigenvalue weighted by atomic mass is 16.6. The number of methoxy groups -OCH3 is 1. The standard InChI is InChI=1S/C21H26N4O3/c1-26-15-6-4-14(5-7-15)16-8-9-22-21(24-16)25-18-12-28-19-17(11-27-20(18)19)23-10-13-2-3-13/h4-9,13,17-20,23H,2-3,10-12H2,1H3,(H,22,24,25)/t17-,18-,19+,20+/m0/s1. The molecule has 0 radical (unpaired) electrons. The summed E-state index contributed by atoms with van der Waals surface area (Å²) in [6, 6.07) is 10.1. The van der Waals surface area contributed by atoms with E-state index in [0.717, 1.165) is 29.5 Å². The quantitative estimate of drug-likeness (QED) is 0.759. The van der Waals surface area contributed by atoms with Crippen molar-refractivity contribution in [3.8, 4) is 17.0 Å². The van der Waals surface area contributed by atoms with Gasteiger partial charge in [0.2, 0.25) is 5.95 Å². The summed E-state index contributed by atoms with van der Waals surface area (Å²) in [5.41, 5.74) is 1.89. The highest BCUT2D eigenvalue weighted by Gasteiger charge is 2.48. The minimum atomic E-state index is 0.0324. The number of rotatable bonds is 7. The number of aromatic nitrogens is 2. The third-order valence-electron chi connectivity index (χ3n) is 5.77. The molecule has 2 N–H and O–H groups in total. The summed E-state index contributed by atoms with van der Waals surface area (Å²) in [6.07, 6.45) is 4.60. The number of ether oxygens (including phenoxy) is 3. The lowest BCUT2D eigenvalue weighted by atomic mass is 10.1. The molecule has 3 heterocycles. The van der Waals surface area contributed by atoms with Crippen LogP contribution in [0.1, 0.15) is 12.8 Å². The van der Waals surface area contributed by atoms with Gasteiger partial charge in [0.05, 0.1) is 38.1 Å². The summed E-state index contributed by atoms with van der Waals surface area (Å²) in [5.74, 6) is 2.28. The molecule has 3 aliphatic rings. The molecule has 5 rings (SSSR count). The van der Waals surface area contributed by atoms with Crippen molar-refractivity contribution < 1.29 is 14.2 Å². The molecule has 28 heavy (non-hydrogen) atoms. The van der Waals surface area contributed by atoms with Crippen LogP contribution in [0.15, 0.2) is 36.5 Å². The molecule has 0 amide bonds. The summed E-state index contributed by atoms with van der Waals surface area (Å²) in [5, 5.41) is 7.04. The van der Waals surface area contributed by atoms with E-state index in [1.54, 1.807) is 13.3 Å². The SMILES string of the molecule is COc1ccc(-c2ccnc(N[C@H]3CO[C@H]4[C@@H]3OC[C@@H]4NCC3CC3)n2)cc1. The van der Waals surface area contributed by atoms with Gasteiger partial charge in [-0.25, -0.2) is 9.97 Å². The number of hydrogen-bond acceptors (Lipinski definition) is 7. The Morgan fingerprint density at radius 3 is 2.54 bits per heavy atom. The van der Waals surface area contributed by atoms with Crippen molar-refractivity contribution in [3.63, 3.8) is 0 Å². The normalized spacial score (nSPS) is 28.9. The van der Waals surface area contributed by atoms with Crippen LogP contribution in [0.4, 0.5) is 5.95 Å². The Labute approximate surface area is 164 Å². The van der Waals surface area contributed by atoms with Crippen LogP contribution in [-0.4, -0.2) is 61.1 Å². The molecule has 7 nitrogen and oxygen atoms in total. The lowest BCUT2D eigenvalue weighted by molar-refractivity contribution is 0.0675. The Hall–Kier alpha value is -2.22. The van der Waals surface area contributed by atoms with Crippen LogP contribution in [0.3, 0.4) is 0 Å². The second kappa shape index (κ2) is 7.66. The van der Waals surface area contributed by atoms with Gasteiger partial charge < -0.3 is 24.8 Å². The maximum atomic E-state index is 6.05. The monoisotopic (exact) mass is 382 g/mol. The first-order valence-corrected chi connectivity index (χ1v) is 10.0. The van der Waals surface area contributed by atoms with Crippen LogP contribution in [0.5, 0.6) is 5.75 Å². The highest BCUT2D eigenvalue weighted by Crippen LogP contribution is 2.31. The Morgan fingerprint density at radius 1 is 1.04 bits per heavy atom. The van der Waals surface area contributed by atoms with Crippen LogP contribution in [0.25, 0.3) is 11.3 Å². The highest BCUT2D eigenvalue weighted by molar-refractivity contribution is 5.61. The lowest BCUT2D eigenvalue weighted by Crippen LogP contribution is -2.42. The van der Waals surface area contributed by atoms with E-state index in [0.29, 0.717) is 19.2 Å². The molecule has 0 unspecified atom stereocenters. The second-order valence-electron chi connectivity index (χ2n) is 7.80. The van der Waals surface area contributed by atoms with Crippen molar-refractivity contribution >= 4 is 5.95 Å². The zero-order valence-electron chi connectivity index (χ0n) is 16.0. The predicted octanol–water partition coefficient (Wildman–Crippen LogP) is 2.10. The van der Waals surface area contributed by atoms with Gasteiger partial charge in [-0.05, 0) is 55.6 Å². The first kappa shape index (κ1) is 17.8. The van der Waals surface area contributed by atoms with Gasteiger partial charge in [0.25, 0.3) is 0 Å². The maximum absolute atomic E-state index is 6.05. The molecule has 3 fully saturated rings. The molecule has 1 aliphatic carbocycles. The first-order chi connectivity index (χ1) is 13.8. The molecule has 7 heteroatoms. The first-order valence-electron chi connectivity index (χ1n) is 10.0. The van der Waals surface area contributed by atoms with E-state index in [1.807, 2.05) is 30.3 Å². The van der Waals surface area contributed by atoms with Crippen molar-refractivity contribution in [1.82, 2.24) is 15.3 Å². The second-order valence-corrected chi connectivity index (χ2v) is 7.80. The van der Waals surface area contributed by atoms with Crippen molar-refractivity contribution in [3.05, 3.63) is 36.5 Å². The van der Waals surface area contributed by atoms with E-state index in [4.69, 9.17) is 14.2 Å². The smallest absolute Gasteiger partial charge is 0.223 e. The van der Waals surface area contributed by atoms with E-state index in [9.17, 15) is 0 Å². The number of benzene rings is 1. The molecular weight excluding hydrogens is 356 g/mol. The fourth-order valence-electron chi connectivity index (χ4n) is 3.95. The van der Waals surface area contributed by atoms with Gasteiger partial charge in [0, 0.05) is 11.8 Å². The van der Waals surface area contributed by atoms with E-state index in [2.05, 4.69) is 20.6 Å². The Kier molecular flexibility index (Phi) is 4.88. The molecule has 2 aromatic rings. The summed E-state index contributed by atoms with van der Waals surface area (Å²) in [6.45, 7) is 2.38. The molecule has 0 bridgehead atoms. The van der Waals surface area contributed by atoms with Gasteiger partial charge in [-0.15, -0.1) is 0 Å². The largest absolute Gasteiger partial charge is 0.497 e. The van der Waals surface area contributed by atoms with Crippen molar-refractivity contribution in [2.45, 2.75) is 37.1 Å².